The second-order valence-electron chi connectivity index (χ2n) is 11.0. The van der Waals surface area contributed by atoms with E-state index in [1.54, 1.807) is 71.6 Å². The Morgan fingerprint density at radius 1 is 0.978 bits per heavy atom. The number of nitrogens with two attached hydrogens (primary N) is 1. The van der Waals surface area contributed by atoms with Crippen molar-refractivity contribution in [1.29, 1.82) is 0 Å². The lowest BCUT2D eigenvalue weighted by Crippen LogP contribution is -2.54. The van der Waals surface area contributed by atoms with Crippen LogP contribution in [0.1, 0.15) is 38.3 Å². The third-order valence-corrected chi connectivity index (χ3v) is 8.30. The number of fused-ring (bicyclic) bond motifs is 3. The van der Waals surface area contributed by atoms with Crippen LogP contribution in [0.4, 0.5) is 5.82 Å². The molecule has 0 radical (unpaired) electrons. The van der Waals surface area contributed by atoms with Gasteiger partial charge in [-0.05, 0) is 29.8 Å². The fourth-order valence-electron chi connectivity index (χ4n) is 5.84. The van der Waals surface area contributed by atoms with Gasteiger partial charge in [0.15, 0.2) is 17.1 Å². The van der Waals surface area contributed by atoms with Crippen LogP contribution in [0.25, 0.3) is 11.2 Å². The second kappa shape index (κ2) is 12.0. The Labute approximate surface area is 262 Å². The number of anilines is 1. The van der Waals surface area contributed by atoms with Crippen molar-refractivity contribution < 1.29 is 28.5 Å². The normalized spacial score (nSPS) is 22.4. The Bertz CT molecular complexity index is 1850. The molecule has 4 atom stereocenters. The van der Waals surface area contributed by atoms with E-state index in [0.717, 1.165) is 5.56 Å². The summed E-state index contributed by atoms with van der Waals surface area (Å²) in [6.45, 7) is 0.550. The maximum atomic E-state index is 13.3. The molecule has 0 aliphatic carbocycles. The maximum absolute atomic E-state index is 13.3. The molecule has 0 spiro atoms. The van der Waals surface area contributed by atoms with Gasteiger partial charge in [-0.2, -0.15) is 0 Å². The van der Waals surface area contributed by atoms with Gasteiger partial charge in [0.25, 0.3) is 0 Å². The lowest BCUT2D eigenvalue weighted by molar-refractivity contribution is -0.182. The fourth-order valence-corrected chi connectivity index (χ4v) is 5.97. The molecule has 0 unspecified atom stereocenters. The molecule has 4 heterocycles. The van der Waals surface area contributed by atoms with Crippen molar-refractivity contribution in [2.45, 2.75) is 24.5 Å². The molecule has 5 aromatic rings. The zero-order chi connectivity index (χ0) is 31.0. The molecule has 0 amide bonds. The molecule has 2 aromatic heterocycles. The predicted octanol–water partition coefficient (Wildman–Crippen LogP) is 4.65. The zero-order valence-corrected chi connectivity index (χ0v) is 24.7. The van der Waals surface area contributed by atoms with Crippen LogP contribution < -0.4 is 5.73 Å². The van der Waals surface area contributed by atoms with Crippen LogP contribution in [0.15, 0.2) is 91.3 Å². The number of imidazole rings is 1. The summed E-state index contributed by atoms with van der Waals surface area (Å²) in [6, 6.07) is 24.8. The average molecular weight is 626 g/mol. The Kier molecular flexibility index (Phi) is 7.76. The highest BCUT2D eigenvalue weighted by Gasteiger charge is 2.60. The number of ketones is 1. The average Bonchev–Trinajstić information content (AvgIpc) is 3.57. The Balaban J connectivity index is 1.23. The Morgan fingerprint density at radius 3 is 2.42 bits per heavy atom. The molecule has 2 bridgehead atoms. The predicted molar refractivity (Wildman–Crippen MR) is 164 cm³/mol. The van der Waals surface area contributed by atoms with Crippen molar-refractivity contribution in [3.05, 3.63) is 119 Å². The van der Waals surface area contributed by atoms with Gasteiger partial charge in [-0.3, -0.25) is 9.36 Å². The molecule has 45 heavy (non-hydrogen) atoms. The molecular formula is C33H28ClN5O6. The first kappa shape index (κ1) is 29.1. The molecule has 2 saturated heterocycles. The number of halogens is 1. The van der Waals surface area contributed by atoms with Crippen LogP contribution in [0.5, 0.6) is 0 Å². The van der Waals surface area contributed by atoms with Crippen molar-refractivity contribution in [3.8, 4) is 0 Å². The topological polar surface area (TPSA) is 141 Å². The Morgan fingerprint density at radius 2 is 1.69 bits per heavy atom. The van der Waals surface area contributed by atoms with E-state index in [9.17, 15) is 9.59 Å². The van der Waals surface area contributed by atoms with Gasteiger partial charge in [-0.1, -0.05) is 72.3 Å². The summed E-state index contributed by atoms with van der Waals surface area (Å²) in [5.74, 6) is -1.22. The quantitative estimate of drug-likeness (QED) is 0.182. The number of benzene rings is 3. The van der Waals surface area contributed by atoms with Gasteiger partial charge in [-0.25, -0.2) is 19.7 Å². The monoisotopic (exact) mass is 625 g/mol. The molecular weight excluding hydrogens is 598 g/mol. The number of hydrogen-bond donors (Lipinski definition) is 1. The minimum absolute atomic E-state index is 0.0628. The van der Waals surface area contributed by atoms with Crippen LogP contribution in [0.3, 0.4) is 0 Å². The molecule has 2 aliphatic heterocycles. The number of carbonyl (C=O) groups excluding carboxylic acids is 2. The number of nitrogens with zero attached hydrogens (tertiary/aromatic N) is 4. The summed E-state index contributed by atoms with van der Waals surface area (Å²) in [5, 5.41) is 0.621. The van der Waals surface area contributed by atoms with Gasteiger partial charge in [0.05, 0.1) is 37.6 Å². The van der Waals surface area contributed by atoms with Crippen LogP contribution in [-0.4, -0.2) is 62.8 Å². The van der Waals surface area contributed by atoms with E-state index < -0.39 is 23.9 Å². The third kappa shape index (κ3) is 5.55. The lowest BCUT2D eigenvalue weighted by Gasteiger charge is -2.37. The summed E-state index contributed by atoms with van der Waals surface area (Å²) in [4.78, 5) is 39.5. The largest absolute Gasteiger partial charge is 0.459 e. The number of rotatable bonds is 9. The summed E-state index contributed by atoms with van der Waals surface area (Å²) < 4.78 is 26.8. The highest BCUT2D eigenvalue weighted by molar-refractivity contribution is 6.30. The van der Waals surface area contributed by atoms with E-state index >= 15 is 0 Å². The van der Waals surface area contributed by atoms with Gasteiger partial charge >= 0.3 is 5.97 Å². The zero-order valence-electron chi connectivity index (χ0n) is 23.9. The Hall–Kier alpha value is -4.68. The first-order valence-corrected chi connectivity index (χ1v) is 14.7. The third-order valence-electron chi connectivity index (χ3n) is 8.05. The number of nitrogen functional groups attached to an aromatic ring is 1. The highest BCUT2D eigenvalue weighted by atomic mass is 35.5. The fraction of sp³-hybridized carbons (Fsp3) is 0.242. The maximum Gasteiger partial charge on any atom is 0.338 e. The standard InChI is InChI=1S/C33H28ClN5O6/c34-23-13-11-20(12-14-23)15-43-27-24-16-42-17-33(27,18-44-32(41)22-9-5-2-6-10-22)45-31(24)39-19-36-25-28(35)37-29(38-30(25)39)26(40)21-7-3-1-4-8-21/h1-14,19,24,27,31H,15-18H2,(H2,35,37,38)/t24-,27+,31-,33-/m1/s1. The summed E-state index contributed by atoms with van der Waals surface area (Å²) in [6.07, 6.45) is 0.312. The molecule has 2 N–H and O–H groups in total. The molecule has 2 fully saturated rings. The van der Waals surface area contributed by atoms with E-state index in [4.69, 9.17) is 36.3 Å². The number of aromatic nitrogens is 4. The van der Waals surface area contributed by atoms with Crippen molar-refractivity contribution in [1.82, 2.24) is 19.5 Å². The molecule has 11 nitrogen and oxygen atoms in total. The molecule has 3 aromatic carbocycles. The number of hydrogen-bond acceptors (Lipinski definition) is 10. The van der Waals surface area contributed by atoms with Crippen LogP contribution in [0, 0.1) is 5.92 Å². The number of carbonyl (C=O) groups is 2. The van der Waals surface area contributed by atoms with E-state index in [1.807, 2.05) is 24.3 Å². The second-order valence-corrected chi connectivity index (χ2v) is 11.4. The summed E-state index contributed by atoms with van der Waals surface area (Å²) in [5.41, 5.74) is 7.53. The van der Waals surface area contributed by atoms with Gasteiger partial charge in [-0.15, -0.1) is 0 Å². The van der Waals surface area contributed by atoms with Gasteiger partial charge in [0.2, 0.25) is 11.6 Å². The summed E-state index contributed by atoms with van der Waals surface area (Å²) in [7, 11) is 0. The minimum Gasteiger partial charge on any atom is -0.459 e. The molecule has 0 saturated carbocycles. The summed E-state index contributed by atoms with van der Waals surface area (Å²) >= 11 is 6.09. The van der Waals surface area contributed by atoms with Gasteiger partial charge in [0.1, 0.15) is 24.5 Å². The molecule has 12 heteroatoms. The SMILES string of the molecule is Nc1nc(C(=O)c2ccccc2)nc2c1ncn2[C@@H]1O[C@@]2(COC(=O)c3ccccc3)COC[C@@H]1[C@@H]2OCc1ccc(Cl)cc1. The highest BCUT2D eigenvalue weighted by Crippen LogP contribution is 2.48. The number of ether oxygens (including phenoxy) is 4. The van der Waals surface area contributed by atoms with Crippen molar-refractivity contribution >= 4 is 40.3 Å². The van der Waals surface area contributed by atoms with Crippen molar-refractivity contribution in [2.24, 2.45) is 5.92 Å². The van der Waals surface area contributed by atoms with E-state index in [-0.39, 0.29) is 43.2 Å². The van der Waals surface area contributed by atoms with E-state index in [0.29, 0.717) is 33.9 Å². The smallest absolute Gasteiger partial charge is 0.338 e. The van der Waals surface area contributed by atoms with Crippen LogP contribution in [-0.2, 0) is 25.6 Å². The van der Waals surface area contributed by atoms with Gasteiger partial charge in [0, 0.05) is 10.6 Å². The first-order valence-electron chi connectivity index (χ1n) is 14.4. The molecule has 2 aliphatic rings. The van der Waals surface area contributed by atoms with E-state index in [2.05, 4.69) is 15.0 Å². The number of esters is 1. The van der Waals surface area contributed by atoms with Crippen molar-refractivity contribution in [2.75, 3.05) is 25.6 Å². The van der Waals surface area contributed by atoms with Gasteiger partial charge < -0.3 is 24.7 Å². The minimum atomic E-state index is -1.15. The van der Waals surface area contributed by atoms with E-state index in [1.165, 1.54) is 0 Å². The lowest BCUT2D eigenvalue weighted by atomic mass is 9.88. The van der Waals surface area contributed by atoms with Crippen LogP contribution in [0.2, 0.25) is 5.02 Å². The van der Waals surface area contributed by atoms with Crippen LogP contribution >= 0.6 is 11.6 Å². The molecule has 228 valence electrons. The van der Waals surface area contributed by atoms with Crippen molar-refractivity contribution in [3.63, 3.8) is 0 Å². The first-order chi connectivity index (χ1) is 21.9. The molecule has 7 rings (SSSR count).